The Bertz CT molecular complexity index is 309. The molecule has 0 spiro atoms. The van der Waals surface area contributed by atoms with E-state index < -0.39 is 12.0 Å². The summed E-state index contributed by atoms with van der Waals surface area (Å²) in [5.74, 6) is -0.519. The van der Waals surface area contributed by atoms with Crippen LogP contribution in [0.3, 0.4) is 0 Å². The van der Waals surface area contributed by atoms with Crippen LogP contribution in [0.5, 0.6) is 0 Å². The van der Waals surface area contributed by atoms with Crippen molar-refractivity contribution in [2.45, 2.75) is 32.2 Å². The molecule has 1 aliphatic heterocycles. The molecule has 0 aromatic rings. The highest BCUT2D eigenvalue weighted by molar-refractivity contribution is 5.80. The molecule has 1 aliphatic rings. The average Bonchev–Trinajstić information content (AvgIpc) is 2.39. The number of piperidine rings is 1. The van der Waals surface area contributed by atoms with Crippen molar-refractivity contribution in [1.29, 1.82) is 0 Å². The zero-order valence-electron chi connectivity index (χ0n) is 11.7. The fourth-order valence-electron chi connectivity index (χ4n) is 2.44. The Hall–Kier alpha value is -1.14. The third-order valence-corrected chi connectivity index (χ3v) is 3.66. The van der Waals surface area contributed by atoms with Crippen molar-refractivity contribution in [2.75, 3.05) is 33.4 Å². The Morgan fingerprint density at radius 2 is 2.21 bits per heavy atom. The van der Waals surface area contributed by atoms with Crippen molar-refractivity contribution in [1.82, 2.24) is 10.2 Å². The molecule has 110 valence electrons. The molecule has 1 heterocycles. The van der Waals surface area contributed by atoms with Crippen molar-refractivity contribution in [2.24, 2.45) is 5.92 Å². The first-order valence-corrected chi connectivity index (χ1v) is 6.81. The van der Waals surface area contributed by atoms with Crippen molar-refractivity contribution >= 4 is 11.9 Å². The molecule has 6 heteroatoms. The van der Waals surface area contributed by atoms with Gasteiger partial charge in [0.05, 0.1) is 13.2 Å². The maximum atomic E-state index is 11.7. The standard InChI is InChI=1S/C13H24N2O4/c1-3-10-4-6-15(11(8-10)13(17)18)9-12(16)14-5-7-19-2/h10-11H,3-9H2,1-2H3,(H,14,16)(H,17,18). The van der Waals surface area contributed by atoms with E-state index in [0.717, 1.165) is 12.8 Å². The quantitative estimate of drug-likeness (QED) is 0.653. The van der Waals surface area contributed by atoms with Gasteiger partial charge in [-0.05, 0) is 25.3 Å². The second-order valence-electron chi connectivity index (χ2n) is 4.97. The number of carboxylic acid groups (broad SMARTS) is 1. The number of carboxylic acids is 1. The van der Waals surface area contributed by atoms with E-state index in [9.17, 15) is 14.7 Å². The minimum absolute atomic E-state index is 0.141. The summed E-state index contributed by atoms with van der Waals surface area (Å²) in [4.78, 5) is 24.7. The van der Waals surface area contributed by atoms with E-state index >= 15 is 0 Å². The molecule has 0 bridgehead atoms. The highest BCUT2D eigenvalue weighted by Crippen LogP contribution is 2.25. The molecule has 6 nitrogen and oxygen atoms in total. The lowest BCUT2D eigenvalue weighted by molar-refractivity contribution is -0.146. The Kier molecular flexibility index (Phi) is 6.80. The molecule has 0 aliphatic carbocycles. The number of aliphatic carboxylic acids is 1. The maximum absolute atomic E-state index is 11.7. The number of carbonyl (C=O) groups is 2. The van der Waals surface area contributed by atoms with Gasteiger partial charge in [-0.2, -0.15) is 0 Å². The molecule has 1 saturated heterocycles. The monoisotopic (exact) mass is 272 g/mol. The van der Waals surface area contributed by atoms with Crippen LogP contribution in [0.4, 0.5) is 0 Å². The molecule has 0 aromatic carbocycles. The molecule has 0 radical (unpaired) electrons. The predicted octanol–water partition coefficient (Wildman–Crippen LogP) is 0.324. The van der Waals surface area contributed by atoms with Gasteiger partial charge in [0.2, 0.25) is 5.91 Å². The summed E-state index contributed by atoms with van der Waals surface area (Å²) in [7, 11) is 1.57. The number of ether oxygens (including phenoxy) is 1. The number of carbonyl (C=O) groups excluding carboxylic acids is 1. The van der Waals surface area contributed by atoms with E-state index in [1.807, 2.05) is 0 Å². The van der Waals surface area contributed by atoms with Gasteiger partial charge in [0.25, 0.3) is 0 Å². The van der Waals surface area contributed by atoms with Crippen LogP contribution in [0.2, 0.25) is 0 Å². The van der Waals surface area contributed by atoms with Crippen LogP contribution in [0, 0.1) is 5.92 Å². The van der Waals surface area contributed by atoms with Crippen LogP contribution in [0.1, 0.15) is 26.2 Å². The number of nitrogens with zero attached hydrogens (tertiary/aromatic N) is 1. The largest absolute Gasteiger partial charge is 0.480 e. The van der Waals surface area contributed by atoms with Crippen molar-refractivity contribution in [3.63, 3.8) is 0 Å². The van der Waals surface area contributed by atoms with Crippen LogP contribution < -0.4 is 5.32 Å². The Balaban J connectivity index is 2.46. The van der Waals surface area contributed by atoms with Crippen molar-refractivity contribution in [3.05, 3.63) is 0 Å². The second-order valence-corrected chi connectivity index (χ2v) is 4.97. The first kappa shape index (κ1) is 15.9. The zero-order valence-corrected chi connectivity index (χ0v) is 11.7. The minimum Gasteiger partial charge on any atom is -0.480 e. The molecule has 2 unspecified atom stereocenters. The van der Waals surface area contributed by atoms with Gasteiger partial charge in [-0.1, -0.05) is 13.3 Å². The maximum Gasteiger partial charge on any atom is 0.320 e. The highest BCUT2D eigenvalue weighted by Gasteiger charge is 2.33. The lowest BCUT2D eigenvalue weighted by Crippen LogP contribution is -2.51. The van der Waals surface area contributed by atoms with Crippen molar-refractivity contribution < 1.29 is 19.4 Å². The Labute approximate surface area is 114 Å². The topological polar surface area (TPSA) is 78.9 Å². The molecule has 2 N–H and O–H groups in total. The molecular weight excluding hydrogens is 248 g/mol. The van der Waals surface area contributed by atoms with Gasteiger partial charge in [0, 0.05) is 13.7 Å². The minimum atomic E-state index is -0.831. The van der Waals surface area contributed by atoms with Gasteiger partial charge in [-0.15, -0.1) is 0 Å². The van der Waals surface area contributed by atoms with Gasteiger partial charge in [0.15, 0.2) is 0 Å². The van der Waals surface area contributed by atoms with Crippen molar-refractivity contribution in [3.8, 4) is 0 Å². The third-order valence-electron chi connectivity index (χ3n) is 3.66. The summed E-state index contributed by atoms with van der Waals surface area (Å²) in [6.07, 6.45) is 2.60. The summed E-state index contributed by atoms with van der Waals surface area (Å²) in [5, 5.41) is 12.0. The van der Waals surface area contributed by atoms with E-state index in [4.69, 9.17) is 4.74 Å². The normalized spacial score (nSPS) is 24.1. The van der Waals surface area contributed by atoms with E-state index in [1.165, 1.54) is 0 Å². The summed E-state index contributed by atoms with van der Waals surface area (Å²) < 4.78 is 4.85. The molecule has 1 amide bonds. The molecule has 1 rings (SSSR count). The average molecular weight is 272 g/mol. The van der Waals surface area contributed by atoms with Crippen LogP contribution >= 0.6 is 0 Å². The van der Waals surface area contributed by atoms with E-state index in [2.05, 4.69) is 12.2 Å². The molecule has 19 heavy (non-hydrogen) atoms. The fraction of sp³-hybridized carbons (Fsp3) is 0.846. The summed E-state index contributed by atoms with van der Waals surface area (Å²) in [6, 6.07) is -0.535. The van der Waals surface area contributed by atoms with Gasteiger partial charge in [-0.3, -0.25) is 14.5 Å². The van der Waals surface area contributed by atoms with Gasteiger partial charge in [-0.25, -0.2) is 0 Å². The lowest BCUT2D eigenvalue weighted by atomic mass is 9.89. The summed E-state index contributed by atoms with van der Waals surface area (Å²) in [5.41, 5.74) is 0. The molecular formula is C13H24N2O4. The third kappa shape index (κ3) is 5.16. The number of likely N-dealkylation sites (tertiary alicyclic amines) is 1. The van der Waals surface area contributed by atoms with Gasteiger partial charge in [0.1, 0.15) is 6.04 Å². The molecule has 0 saturated carbocycles. The smallest absolute Gasteiger partial charge is 0.320 e. The first-order valence-electron chi connectivity index (χ1n) is 6.81. The number of rotatable bonds is 7. The first-order chi connectivity index (χ1) is 9.08. The number of hydrogen-bond acceptors (Lipinski definition) is 4. The number of hydrogen-bond donors (Lipinski definition) is 2. The van der Waals surface area contributed by atoms with Crippen LogP contribution in [-0.4, -0.2) is 61.3 Å². The fourth-order valence-corrected chi connectivity index (χ4v) is 2.44. The Morgan fingerprint density at radius 3 is 2.79 bits per heavy atom. The highest BCUT2D eigenvalue weighted by atomic mass is 16.5. The SMILES string of the molecule is CCC1CCN(CC(=O)NCCOC)C(C(=O)O)C1. The molecule has 1 fully saturated rings. The van der Waals surface area contributed by atoms with Crippen LogP contribution in [0.25, 0.3) is 0 Å². The lowest BCUT2D eigenvalue weighted by Gasteiger charge is -2.36. The number of nitrogens with one attached hydrogen (secondary N) is 1. The summed E-state index contributed by atoms with van der Waals surface area (Å²) in [6.45, 7) is 3.82. The molecule has 0 aromatic heterocycles. The Morgan fingerprint density at radius 1 is 1.47 bits per heavy atom. The van der Waals surface area contributed by atoms with E-state index in [0.29, 0.717) is 32.0 Å². The second kappa shape index (κ2) is 8.12. The van der Waals surface area contributed by atoms with E-state index in [1.54, 1.807) is 12.0 Å². The summed E-state index contributed by atoms with van der Waals surface area (Å²) >= 11 is 0. The van der Waals surface area contributed by atoms with Gasteiger partial charge < -0.3 is 15.2 Å². The number of amides is 1. The van der Waals surface area contributed by atoms with E-state index in [-0.39, 0.29) is 12.5 Å². The zero-order chi connectivity index (χ0) is 14.3. The molecule has 2 atom stereocenters. The van der Waals surface area contributed by atoms with Crippen LogP contribution in [-0.2, 0) is 14.3 Å². The van der Waals surface area contributed by atoms with Crippen LogP contribution in [0.15, 0.2) is 0 Å². The number of methoxy groups -OCH3 is 1. The van der Waals surface area contributed by atoms with Gasteiger partial charge >= 0.3 is 5.97 Å². The predicted molar refractivity (Wildman–Crippen MR) is 70.9 cm³/mol.